The first-order valence-corrected chi connectivity index (χ1v) is 5.07. The molecule has 0 aromatic rings. The molecule has 3 nitrogen and oxygen atoms in total. The van der Waals surface area contributed by atoms with Gasteiger partial charge >= 0.3 is 5.97 Å². The zero-order valence-corrected chi connectivity index (χ0v) is 9.21. The van der Waals surface area contributed by atoms with Crippen LogP contribution in [-0.4, -0.2) is 34.6 Å². The van der Waals surface area contributed by atoms with E-state index in [0.29, 0.717) is 0 Å². The van der Waals surface area contributed by atoms with Gasteiger partial charge in [-0.05, 0) is 33.6 Å². The van der Waals surface area contributed by atoms with Gasteiger partial charge < -0.3 is 5.11 Å². The number of nitrogens with zero attached hydrogens (tertiary/aromatic N) is 1. The highest BCUT2D eigenvalue weighted by molar-refractivity contribution is 5.80. The first-order valence-electron chi connectivity index (χ1n) is 5.07. The number of aliphatic carboxylic acids is 1. The number of carboxylic acids is 1. The molecule has 1 heterocycles. The highest BCUT2D eigenvalue weighted by Gasteiger charge is 2.24. The second-order valence-corrected chi connectivity index (χ2v) is 4.80. The van der Waals surface area contributed by atoms with E-state index in [1.165, 1.54) is 6.08 Å². The number of rotatable bonds is 1. The fourth-order valence-electron chi connectivity index (χ4n) is 1.78. The maximum atomic E-state index is 10.5. The fraction of sp³-hybridized carbons (Fsp3) is 0.727. The van der Waals surface area contributed by atoms with Crippen molar-refractivity contribution in [1.82, 2.24) is 4.90 Å². The second-order valence-electron chi connectivity index (χ2n) is 4.80. The molecule has 0 aromatic heterocycles. The lowest BCUT2D eigenvalue weighted by atomic mass is 9.97. The van der Waals surface area contributed by atoms with Crippen molar-refractivity contribution in [2.24, 2.45) is 0 Å². The van der Waals surface area contributed by atoms with Crippen LogP contribution in [0.5, 0.6) is 0 Å². The van der Waals surface area contributed by atoms with Gasteiger partial charge in [-0.15, -0.1) is 0 Å². The Morgan fingerprint density at radius 2 is 1.86 bits per heavy atom. The van der Waals surface area contributed by atoms with Gasteiger partial charge in [0.25, 0.3) is 0 Å². The summed E-state index contributed by atoms with van der Waals surface area (Å²) in [4.78, 5) is 12.9. The molecule has 0 amide bonds. The van der Waals surface area contributed by atoms with E-state index >= 15 is 0 Å². The molecule has 80 valence electrons. The van der Waals surface area contributed by atoms with E-state index in [1.54, 1.807) is 0 Å². The molecule has 0 atom stereocenters. The maximum absolute atomic E-state index is 10.5. The van der Waals surface area contributed by atoms with Crippen molar-refractivity contribution in [3.8, 4) is 0 Å². The zero-order chi connectivity index (χ0) is 10.8. The number of hydrogen-bond donors (Lipinski definition) is 1. The third-order valence-corrected chi connectivity index (χ3v) is 2.68. The molecular weight excluding hydrogens is 178 g/mol. The average molecular weight is 197 g/mol. The number of piperidine rings is 1. The molecule has 1 aliphatic rings. The maximum Gasteiger partial charge on any atom is 0.328 e. The van der Waals surface area contributed by atoms with Gasteiger partial charge in [0.05, 0.1) is 0 Å². The highest BCUT2D eigenvalue weighted by atomic mass is 16.4. The monoisotopic (exact) mass is 197 g/mol. The summed E-state index contributed by atoms with van der Waals surface area (Å²) in [6.07, 6.45) is 3.15. The molecule has 0 spiro atoms. The lowest BCUT2D eigenvalue weighted by molar-refractivity contribution is -0.131. The van der Waals surface area contributed by atoms with Crippen LogP contribution in [0, 0.1) is 0 Å². The van der Waals surface area contributed by atoms with Crippen LogP contribution in [-0.2, 0) is 4.79 Å². The summed E-state index contributed by atoms with van der Waals surface area (Å²) in [5, 5.41) is 8.60. The summed E-state index contributed by atoms with van der Waals surface area (Å²) < 4.78 is 0. The molecule has 14 heavy (non-hydrogen) atoms. The van der Waals surface area contributed by atoms with Gasteiger partial charge in [0.15, 0.2) is 0 Å². The van der Waals surface area contributed by atoms with Crippen molar-refractivity contribution in [2.45, 2.75) is 39.2 Å². The van der Waals surface area contributed by atoms with Crippen LogP contribution in [0.2, 0.25) is 0 Å². The fourth-order valence-corrected chi connectivity index (χ4v) is 1.78. The summed E-state index contributed by atoms with van der Waals surface area (Å²) in [6, 6.07) is 0. The molecule has 0 unspecified atom stereocenters. The van der Waals surface area contributed by atoms with E-state index in [-0.39, 0.29) is 5.54 Å². The Morgan fingerprint density at radius 3 is 2.21 bits per heavy atom. The van der Waals surface area contributed by atoms with Gasteiger partial charge in [-0.25, -0.2) is 4.79 Å². The zero-order valence-electron chi connectivity index (χ0n) is 9.21. The lowest BCUT2D eigenvalue weighted by Crippen LogP contribution is -2.44. The first kappa shape index (κ1) is 11.2. The van der Waals surface area contributed by atoms with Crippen molar-refractivity contribution in [3.05, 3.63) is 11.6 Å². The lowest BCUT2D eigenvalue weighted by Gasteiger charge is -2.39. The third-order valence-electron chi connectivity index (χ3n) is 2.68. The van der Waals surface area contributed by atoms with Crippen LogP contribution < -0.4 is 0 Å². The van der Waals surface area contributed by atoms with Crippen molar-refractivity contribution in [3.63, 3.8) is 0 Å². The van der Waals surface area contributed by atoms with Crippen LogP contribution in [0.3, 0.4) is 0 Å². The normalized spacial score (nSPS) is 19.5. The number of carbonyl (C=O) groups is 1. The minimum Gasteiger partial charge on any atom is -0.478 e. The molecule has 3 heteroatoms. The summed E-state index contributed by atoms with van der Waals surface area (Å²) in [5.74, 6) is -0.816. The Balaban J connectivity index is 2.51. The van der Waals surface area contributed by atoms with Crippen LogP contribution in [0.25, 0.3) is 0 Å². The van der Waals surface area contributed by atoms with Gasteiger partial charge in [-0.3, -0.25) is 4.90 Å². The smallest absolute Gasteiger partial charge is 0.328 e. The largest absolute Gasteiger partial charge is 0.478 e. The topological polar surface area (TPSA) is 40.5 Å². The molecule has 1 aliphatic heterocycles. The van der Waals surface area contributed by atoms with Gasteiger partial charge in [-0.1, -0.05) is 5.57 Å². The van der Waals surface area contributed by atoms with Crippen molar-refractivity contribution in [2.75, 3.05) is 13.1 Å². The summed E-state index contributed by atoms with van der Waals surface area (Å²) in [5.41, 5.74) is 1.27. The molecule has 0 aromatic carbocycles. The molecule has 1 rings (SSSR count). The van der Waals surface area contributed by atoms with E-state index in [0.717, 1.165) is 31.5 Å². The van der Waals surface area contributed by atoms with Crippen LogP contribution in [0.1, 0.15) is 33.6 Å². The number of hydrogen-bond acceptors (Lipinski definition) is 2. The second kappa shape index (κ2) is 4.13. The predicted molar refractivity (Wildman–Crippen MR) is 56.3 cm³/mol. The van der Waals surface area contributed by atoms with Gasteiger partial charge in [0.1, 0.15) is 0 Å². The van der Waals surface area contributed by atoms with E-state index in [9.17, 15) is 4.79 Å². The Morgan fingerprint density at radius 1 is 1.36 bits per heavy atom. The van der Waals surface area contributed by atoms with Crippen LogP contribution in [0.4, 0.5) is 0 Å². The van der Waals surface area contributed by atoms with E-state index in [1.807, 2.05) is 0 Å². The molecule has 1 fully saturated rings. The first-order chi connectivity index (χ1) is 6.39. The Labute approximate surface area is 85.4 Å². The molecule has 1 saturated heterocycles. The van der Waals surface area contributed by atoms with Crippen molar-refractivity contribution in [1.29, 1.82) is 0 Å². The van der Waals surface area contributed by atoms with Gasteiger partial charge in [0.2, 0.25) is 0 Å². The third kappa shape index (κ3) is 3.14. The minimum absolute atomic E-state index is 0.203. The Bertz CT molecular complexity index is 241. The molecule has 0 aliphatic carbocycles. The SMILES string of the molecule is CC(C)(C)N1CCC(=CC(=O)O)CC1. The van der Waals surface area contributed by atoms with E-state index in [4.69, 9.17) is 5.11 Å². The van der Waals surface area contributed by atoms with Gasteiger partial charge in [0, 0.05) is 24.7 Å². The summed E-state index contributed by atoms with van der Waals surface area (Å²) in [7, 11) is 0. The Hall–Kier alpha value is -0.830. The van der Waals surface area contributed by atoms with Crippen molar-refractivity contribution < 1.29 is 9.90 Å². The summed E-state index contributed by atoms with van der Waals surface area (Å²) in [6.45, 7) is 8.53. The molecular formula is C11H19NO2. The summed E-state index contributed by atoms with van der Waals surface area (Å²) >= 11 is 0. The van der Waals surface area contributed by atoms with Gasteiger partial charge in [-0.2, -0.15) is 0 Å². The van der Waals surface area contributed by atoms with Crippen LogP contribution in [0.15, 0.2) is 11.6 Å². The van der Waals surface area contributed by atoms with Crippen LogP contribution >= 0.6 is 0 Å². The molecule has 1 N–H and O–H groups in total. The van der Waals surface area contributed by atoms with E-state index < -0.39 is 5.97 Å². The molecule has 0 radical (unpaired) electrons. The molecule has 0 saturated carbocycles. The van der Waals surface area contributed by atoms with Crippen molar-refractivity contribution >= 4 is 5.97 Å². The quantitative estimate of drug-likeness (QED) is 0.653. The highest BCUT2D eigenvalue weighted by Crippen LogP contribution is 2.22. The minimum atomic E-state index is -0.816. The Kier molecular flexibility index (Phi) is 3.32. The van der Waals surface area contributed by atoms with E-state index in [2.05, 4.69) is 25.7 Å². The molecule has 0 bridgehead atoms. The number of carboxylic acid groups (broad SMARTS) is 1. The number of likely N-dealkylation sites (tertiary alicyclic amines) is 1. The average Bonchev–Trinajstić information content (AvgIpc) is 2.02. The predicted octanol–water partition coefficient (Wildman–Crippen LogP) is 1.89. The standard InChI is InChI=1S/C11H19NO2/c1-11(2,3)12-6-4-9(5-7-12)8-10(13)14/h8H,4-7H2,1-3H3,(H,13,14).